The van der Waals surface area contributed by atoms with Crippen molar-refractivity contribution in [2.75, 3.05) is 0 Å². The molecule has 0 spiro atoms. The van der Waals surface area contributed by atoms with Crippen molar-refractivity contribution in [2.45, 2.75) is 19.3 Å². The topological polar surface area (TPSA) is 28.7 Å². The van der Waals surface area contributed by atoms with Gasteiger partial charge in [0.05, 0.1) is 11.0 Å². The zero-order valence-corrected chi connectivity index (χ0v) is 10.3. The standard InChI is InChI=1S/C16H16N2/c1-2-7-13(8-3-1)9-6-12-16-17-14-10-4-5-11-15(14)18-16/h1-5,7-8,10-11H,6,9,12H2,(H,17,18). The lowest BCUT2D eigenvalue weighted by Crippen LogP contribution is -1.91. The predicted octanol–water partition coefficient (Wildman–Crippen LogP) is 3.74. The van der Waals surface area contributed by atoms with Crippen LogP contribution >= 0.6 is 0 Å². The Bertz CT molecular complexity index is 593. The van der Waals surface area contributed by atoms with Crippen molar-refractivity contribution in [1.29, 1.82) is 0 Å². The first-order valence-corrected chi connectivity index (χ1v) is 6.39. The highest BCUT2D eigenvalue weighted by Gasteiger charge is 2.01. The van der Waals surface area contributed by atoms with Crippen LogP contribution in [0, 0.1) is 0 Å². The highest BCUT2D eigenvalue weighted by atomic mass is 14.9. The third-order valence-corrected chi connectivity index (χ3v) is 3.16. The van der Waals surface area contributed by atoms with Gasteiger partial charge in [0, 0.05) is 6.42 Å². The number of para-hydroxylation sites is 2. The van der Waals surface area contributed by atoms with Crippen molar-refractivity contribution < 1.29 is 0 Å². The summed E-state index contributed by atoms with van der Waals surface area (Å²) in [4.78, 5) is 7.96. The maximum Gasteiger partial charge on any atom is 0.107 e. The van der Waals surface area contributed by atoms with Gasteiger partial charge in [-0.3, -0.25) is 0 Å². The number of imidazole rings is 1. The van der Waals surface area contributed by atoms with Crippen LogP contribution in [0.5, 0.6) is 0 Å². The fourth-order valence-corrected chi connectivity index (χ4v) is 2.23. The number of H-pyrrole nitrogens is 1. The minimum absolute atomic E-state index is 1.00. The molecule has 0 amide bonds. The summed E-state index contributed by atoms with van der Waals surface area (Å²) in [5, 5.41) is 0. The minimum atomic E-state index is 1.00. The summed E-state index contributed by atoms with van der Waals surface area (Å²) in [5.41, 5.74) is 3.59. The third-order valence-electron chi connectivity index (χ3n) is 3.16. The maximum absolute atomic E-state index is 4.59. The molecule has 0 unspecified atom stereocenters. The second kappa shape index (κ2) is 5.05. The van der Waals surface area contributed by atoms with E-state index in [0.29, 0.717) is 0 Å². The molecule has 3 rings (SSSR count). The number of rotatable bonds is 4. The molecule has 1 N–H and O–H groups in total. The van der Waals surface area contributed by atoms with E-state index in [1.165, 1.54) is 5.56 Å². The lowest BCUT2D eigenvalue weighted by Gasteiger charge is -1.99. The van der Waals surface area contributed by atoms with Crippen molar-refractivity contribution in [1.82, 2.24) is 9.97 Å². The van der Waals surface area contributed by atoms with E-state index >= 15 is 0 Å². The largest absolute Gasteiger partial charge is 0.342 e. The quantitative estimate of drug-likeness (QED) is 0.734. The van der Waals surface area contributed by atoms with Crippen LogP contribution in [0.25, 0.3) is 11.0 Å². The summed E-state index contributed by atoms with van der Waals surface area (Å²) in [6, 6.07) is 18.8. The second-order valence-electron chi connectivity index (χ2n) is 4.54. The molecule has 2 heteroatoms. The van der Waals surface area contributed by atoms with E-state index in [0.717, 1.165) is 36.1 Å². The molecule has 0 bridgehead atoms. The summed E-state index contributed by atoms with van der Waals surface area (Å²) in [6.45, 7) is 0. The molecule has 2 nitrogen and oxygen atoms in total. The van der Waals surface area contributed by atoms with E-state index in [-0.39, 0.29) is 0 Å². The normalized spacial score (nSPS) is 10.9. The number of hydrogen-bond acceptors (Lipinski definition) is 1. The van der Waals surface area contributed by atoms with E-state index in [4.69, 9.17) is 0 Å². The number of aromatic amines is 1. The monoisotopic (exact) mass is 236 g/mol. The molecule has 1 aromatic heterocycles. The first-order chi connectivity index (χ1) is 8.92. The number of benzene rings is 2. The number of aryl methyl sites for hydroxylation is 2. The molecule has 90 valence electrons. The average Bonchev–Trinajstić information content (AvgIpc) is 2.82. The van der Waals surface area contributed by atoms with Crippen LogP contribution < -0.4 is 0 Å². The number of nitrogens with one attached hydrogen (secondary N) is 1. The van der Waals surface area contributed by atoms with Gasteiger partial charge in [-0.2, -0.15) is 0 Å². The van der Waals surface area contributed by atoms with Crippen LogP contribution in [0.3, 0.4) is 0 Å². The van der Waals surface area contributed by atoms with Crippen molar-refractivity contribution >= 4 is 11.0 Å². The van der Waals surface area contributed by atoms with Crippen molar-refractivity contribution in [3.63, 3.8) is 0 Å². The van der Waals surface area contributed by atoms with Crippen LogP contribution in [0.15, 0.2) is 54.6 Å². The Balaban J connectivity index is 1.63. The van der Waals surface area contributed by atoms with E-state index in [2.05, 4.69) is 46.4 Å². The Kier molecular flexibility index (Phi) is 3.09. The zero-order chi connectivity index (χ0) is 12.2. The molecule has 0 saturated carbocycles. The van der Waals surface area contributed by atoms with Gasteiger partial charge in [0.25, 0.3) is 0 Å². The highest BCUT2D eigenvalue weighted by Crippen LogP contribution is 2.12. The van der Waals surface area contributed by atoms with E-state index in [9.17, 15) is 0 Å². The van der Waals surface area contributed by atoms with Crippen molar-refractivity contribution in [3.8, 4) is 0 Å². The molecule has 0 aliphatic heterocycles. The van der Waals surface area contributed by atoms with Gasteiger partial charge in [0.2, 0.25) is 0 Å². The van der Waals surface area contributed by atoms with Crippen molar-refractivity contribution in [3.05, 3.63) is 66.0 Å². The summed E-state index contributed by atoms with van der Waals surface area (Å²) in [5.74, 6) is 1.09. The molecule has 0 fully saturated rings. The summed E-state index contributed by atoms with van der Waals surface area (Å²) >= 11 is 0. The second-order valence-corrected chi connectivity index (χ2v) is 4.54. The molecule has 3 aromatic rings. The molecular formula is C16H16N2. The van der Waals surface area contributed by atoms with E-state index in [1.54, 1.807) is 0 Å². The lowest BCUT2D eigenvalue weighted by molar-refractivity contribution is 0.786. The molecule has 0 aliphatic carbocycles. The van der Waals surface area contributed by atoms with Gasteiger partial charge in [-0.1, -0.05) is 42.5 Å². The molecule has 0 atom stereocenters. The van der Waals surface area contributed by atoms with Crippen molar-refractivity contribution in [2.24, 2.45) is 0 Å². The molecule has 18 heavy (non-hydrogen) atoms. The smallest absolute Gasteiger partial charge is 0.107 e. The van der Waals surface area contributed by atoms with Crippen LogP contribution in [0.1, 0.15) is 17.8 Å². The average molecular weight is 236 g/mol. The Morgan fingerprint density at radius 2 is 1.61 bits per heavy atom. The van der Waals surface area contributed by atoms with Gasteiger partial charge in [-0.25, -0.2) is 4.98 Å². The lowest BCUT2D eigenvalue weighted by atomic mass is 10.1. The zero-order valence-electron chi connectivity index (χ0n) is 10.3. The number of aromatic nitrogens is 2. The Hall–Kier alpha value is -2.09. The fraction of sp³-hybridized carbons (Fsp3) is 0.188. The van der Waals surface area contributed by atoms with E-state index in [1.807, 2.05) is 18.2 Å². The molecule has 0 aliphatic rings. The summed E-state index contributed by atoms with van der Waals surface area (Å²) in [7, 11) is 0. The Morgan fingerprint density at radius 3 is 2.44 bits per heavy atom. The SMILES string of the molecule is c1ccc(CCCc2nc3ccccc3[nH]2)cc1. The van der Waals surface area contributed by atoms with Gasteiger partial charge >= 0.3 is 0 Å². The van der Waals surface area contributed by atoms with Gasteiger partial charge in [-0.05, 0) is 30.5 Å². The van der Waals surface area contributed by atoms with Gasteiger partial charge in [0.15, 0.2) is 0 Å². The van der Waals surface area contributed by atoms with Crippen LogP contribution in [-0.2, 0) is 12.8 Å². The Labute approximate surface area is 107 Å². The maximum atomic E-state index is 4.59. The molecule has 2 aromatic carbocycles. The van der Waals surface area contributed by atoms with E-state index < -0.39 is 0 Å². The number of fused-ring (bicyclic) bond motifs is 1. The van der Waals surface area contributed by atoms with Crippen LogP contribution in [-0.4, -0.2) is 9.97 Å². The number of hydrogen-bond donors (Lipinski definition) is 1. The van der Waals surface area contributed by atoms with Gasteiger partial charge in [0.1, 0.15) is 5.82 Å². The first-order valence-electron chi connectivity index (χ1n) is 6.39. The highest BCUT2D eigenvalue weighted by molar-refractivity contribution is 5.74. The van der Waals surface area contributed by atoms with Crippen LogP contribution in [0.4, 0.5) is 0 Å². The fourth-order valence-electron chi connectivity index (χ4n) is 2.23. The van der Waals surface area contributed by atoms with Gasteiger partial charge < -0.3 is 4.98 Å². The molecule has 0 radical (unpaired) electrons. The summed E-state index contributed by atoms with van der Waals surface area (Å²) < 4.78 is 0. The minimum Gasteiger partial charge on any atom is -0.342 e. The molecule has 0 saturated heterocycles. The third kappa shape index (κ3) is 2.43. The first kappa shape index (κ1) is 11.0. The molecule has 1 heterocycles. The Morgan fingerprint density at radius 1 is 0.833 bits per heavy atom. The molecular weight excluding hydrogens is 220 g/mol. The summed E-state index contributed by atoms with van der Waals surface area (Å²) in [6.07, 6.45) is 3.24. The van der Waals surface area contributed by atoms with Gasteiger partial charge in [-0.15, -0.1) is 0 Å². The number of nitrogens with zero attached hydrogens (tertiary/aromatic N) is 1. The predicted molar refractivity (Wildman–Crippen MR) is 74.6 cm³/mol. The van der Waals surface area contributed by atoms with Crippen LogP contribution in [0.2, 0.25) is 0 Å².